The average molecular weight is 327 g/mol. The summed E-state index contributed by atoms with van der Waals surface area (Å²) in [6, 6.07) is 19.4. The van der Waals surface area contributed by atoms with Crippen molar-refractivity contribution in [3.05, 3.63) is 71.8 Å². The van der Waals surface area contributed by atoms with Crippen LogP contribution in [-0.2, 0) is 10.3 Å². The highest BCUT2D eigenvalue weighted by molar-refractivity contribution is 5.70. The molecule has 0 aromatic heterocycles. The number of carbonyl (C=O) groups excluding carboxylic acids is 1. The molecule has 24 heavy (non-hydrogen) atoms. The Morgan fingerprint density at radius 2 is 1.58 bits per heavy atom. The molecule has 0 aliphatic carbocycles. The maximum Gasteiger partial charge on any atom is 0.408 e. The molecule has 0 unspecified atom stereocenters. The number of nitrogens with one attached hydrogen (secondary N) is 1. The zero-order valence-corrected chi connectivity index (χ0v) is 14.1. The van der Waals surface area contributed by atoms with Crippen LogP contribution in [-0.4, -0.2) is 24.4 Å². The van der Waals surface area contributed by atoms with Gasteiger partial charge in [-0.25, -0.2) is 4.79 Å². The minimum Gasteiger partial charge on any atom is -0.450 e. The van der Waals surface area contributed by atoms with Crippen LogP contribution in [0.15, 0.2) is 60.7 Å². The summed E-state index contributed by atoms with van der Waals surface area (Å²) in [7, 11) is 0. The molecule has 2 rings (SSSR count). The van der Waals surface area contributed by atoms with Crippen molar-refractivity contribution in [2.24, 2.45) is 0 Å². The van der Waals surface area contributed by atoms with Crippen LogP contribution in [0.25, 0.3) is 0 Å². The van der Waals surface area contributed by atoms with Gasteiger partial charge in [0.2, 0.25) is 0 Å². The Morgan fingerprint density at radius 1 is 1.04 bits per heavy atom. The van der Waals surface area contributed by atoms with Gasteiger partial charge in [0.15, 0.2) is 0 Å². The molecule has 0 spiro atoms. The van der Waals surface area contributed by atoms with Gasteiger partial charge >= 0.3 is 6.09 Å². The quantitative estimate of drug-likeness (QED) is 0.724. The SMILES string of the molecule is CCCCOC(=O)NC(CCO)(c1ccccc1)c1ccccc1. The van der Waals surface area contributed by atoms with Crippen molar-refractivity contribution < 1.29 is 14.6 Å². The molecule has 1 amide bonds. The van der Waals surface area contributed by atoms with Crippen LogP contribution >= 0.6 is 0 Å². The average Bonchev–Trinajstić information content (AvgIpc) is 2.63. The Morgan fingerprint density at radius 3 is 2.04 bits per heavy atom. The van der Waals surface area contributed by atoms with Gasteiger partial charge in [0.05, 0.1) is 12.1 Å². The van der Waals surface area contributed by atoms with E-state index in [2.05, 4.69) is 5.32 Å². The van der Waals surface area contributed by atoms with E-state index >= 15 is 0 Å². The summed E-state index contributed by atoms with van der Waals surface area (Å²) >= 11 is 0. The van der Waals surface area contributed by atoms with E-state index in [4.69, 9.17) is 4.74 Å². The Balaban J connectivity index is 2.37. The van der Waals surface area contributed by atoms with E-state index in [1.807, 2.05) is 67.6 Å². The van der Waals surface area contributed by atoms with Gasteiger partial charge < -0.3 is 15.2 Å². The maximum absolute atomic E-state index is 12.3. The van der Waals surface area contributed by atoms with Crippen molar-refractivity contribution in [1.29, 1.82) is 0 Å². The molecule has 0 saturated carbocycles. The van der Waals surface area contributed by atoms with E-state index in [0.29, 0.717) is 13.0 Å². The van der Waals surface area contributed by atoms with Crippen LogP contribution in [0.5, 0.6) is 0 Å². The Bertz CT molecular complexity index is 574. The standard InChI is InChI=1S/C20H25NO3/c1-2-3-16-24-19(23)21-20(14-15-22,17-10-6-4-7-11-17)18-12-8-5-9-13-18/h4-13,22H,2-3,14-16H2,1H3,(H,21,23). The van der Waals surface area contributed by atoms with Crippen LogP contribution < -0.4 is 5.32 Å². The van der Waals surface area contributed by atoms with Crippen LogP contribution in [0.1, 0.15) is 37.3 Å². The van der Waals surface area contributed by atoms with Crippen LogP contribution in [0.4, 0.5) is 4.79 Å². The number of rotatable bonds is 8. The van der Waals surface area contributed by atoms with Gasteiger partial charge in [-0.05, 0) is 17.5 Å². The van der Waals surface area contributed by atoms with Gasteiger partial charge in [-0.3, -0.25) is 0 Å². The molecular weight excluding hydrogens is 302 g/mol. The molecule has 0 saturated heterocycles. The van der Waals surface area contributed by atoms with Gasteiger partial charge in [0.25, 0.3) is 0 Å². The largest absolute Gasteiger partial charge is 0.450 e. The minimum atomic E-state index is -0.819. The predicted octanol–water partition coefficient (Wildman–Crippen LogP) is 3.84. The summed E-state index contributed by atoms with van der Waals surface area (Å²) in [6.07, 6.45) is 1.69. The van der Waals surface area contributed by atoms with Crippen molar-refractivity contribution >= 4 is 6.09 Å². The zero-order valence-electron chi connectivity index (χ0n) is 14.1. The molecular formula is C20H25NO3. The number of aliphatic hydroxyl groups is 1. The number of unbranched alkanes of at least 4 members (excludes halogenated alkanes) is 1. The van der Waals surface area contributed by atoms with E-state index in [1.54, 1.807) is 0 Å². The summed E-state index contributed by atoms with van der Waals surface area (Å²) in [5.41, 5.74) is 1.01. The summed E-state index contributed by atoms with van der Waals surface area (Å²) < 4.78 is 5.30. The van der Waals surface area contributed by atoms with Crippen molar-refractivity contribution in [3.63, 3.8) is 0 Å². The molecule has 2 N–H and O–H groups in total. The van der Waals surface area contributed by atoms with Gasteiger partial charge in [-0.1, -0.05) is 74.0 Å². The number of alkyl carbamates (subject to hydrolysis) is 1. The van der Waals surface area contributed by atoms with Gasteiger partial charge in [0, 0.05) is 13.0 Å². The Kier molecular flexibility index (Phi) is 6.82. The second-order valence-corrected chi connectivity index (χ2v) is 5.73. The first kappa shape index (κ1) is 18.0. The third kappa shape index (κ3) is 4.36. The summed E-state index contributed by atoms with van der Waals surface area (Å²) in [5.74, 6) is 0. The lowest BCUT2D eigenvalue weighted by molar-refractivity contribution is 0.129. The van der Waals surface area contributed by atoms with Crippen molar-refractivity contribution in [3.8, 4) is 0 Å². The van der Waals surface area contributed by atoms with Gasteiger partial charge in [-0.2, -0.15) is 0 Å². The predicted molar refractivity (Wildman–Crippen MR) is 94.8 cm³/mol. The third-order valence-corrected chi connectivity index (χ3v) is 4.07. The number of carbonyl (C=O) groups is 1. The molecule has 2 aromatic carbocycles. The zero-order chi connectivity index (χ0) is 17.3. The maximum atomic E-state index is 12.3. The van der Waals surface area contributed by atoms with Gasteiger partial charge in [0.1, 0.15) is 0 Å². The highest BCUT2D eigenvalue weighted by Crippen LogP contribution is 2.33. The molecule has 2 aromatic rings. The molecule has 0 fully saturated rings. The second kappa shape index (κ2) is 9.08. The van der Waals surface area contributed by atoms with E-state index in [1.165, 1.54) is 0 Å². The highest BCUT2D eigenvalue weighted by atomic mass is 16.5. The first-order chi connectivity index (χ1) is 11.7. The topological polar surface area (TPSA) is 58.6 Å². The van der Waals surface area contributed by atoms with Crippen molar-refractivity contribution in [1.82, 2.24) is 5.32 Å². The van der Waals surface area contributed by atoms with E-state index in [9.17, 15) is 9.90 Å². The van der Waals surface area contributed by atoms with Crippen molar-refractivity contribution in [2.45, 2.75) is 31.7 Å². The van der Waals surface area contributed by atoms with E-state index in [0.717, 1.165) is 24.0 Å². The number of amides is 1. The molecule has 0 bridgehead atoms. The highest BCUT2D eigenvalue weighted by Gasteiger charge is 2.35. The summed E-state index contributed by atoms with van der Waals surface area (Å²) in [4.78, 5) is 12.3. The van der Waals surface area contributed by atoms with Crippen LogP contribution in [0.3, 0.4) is 0 Å². The smallest absolute Gasteiger partial charge is 0.408 e. The Labute approximate surface area is 143 Å². The molecule has 4 nitrogen and oxygen atoms in total. The third-order valence-electron chi connectivity index (χ3n) is 4.07. The minimum absolute atomic E-state index is 0.0565. The fourth-order valence-corrected chi connectivity index (χ4v) is 2.79. The fourth-order valence-electron chi connectivity index (χ4n) is 2.79. The molecule has 128 valence electrons. The second-order valence-electron chi connectivity index (χ2n) is 5.73. The first-order valence-corrected chi connectivity index (χ1v) is 8.40. The fraction of sp³-hybridized carbons (Fsp3) is 0.350. The van der Waals surface area contributed by atoms with Crippen LogP contribution in [0, 0.1) is 0 Å². The molecule has 0 aliphatic heterocycles. The van der Waals surface area contributed by atoms with Crippen molar-refractivity contribution in [2.75, 3.05) is 13.2 Å². The number of hydrogen-bond donors (Lipinski definition) is 2. The number of hydrogen-bond acceptors (Lipinski definition) is 3. The number of benzene rings is 2. The summed E-state index contributed by atoms with van der Waals surface area (Å²) in [5, 5.41) is 12.7. The lowest BCUT2D eigenvalue weighted by Gasteiger charge is -2.35. The van der Waals surface area contributed by atoms with E-state index < -0.39 is 11.6 Å². The Hall–Kier alpha value is -2.33. The lowest BCUT2D eigenvalue weighted by Crippen LogP contribution is -2.47. The normalized spacial score (nSPS) is 11.1. The van der Waals surface area contributed by atoms with Crippen LogP contribution in [0.2, 0.25) is 0 Å². The number of ether oxygens (including phenoxy) is 1. The van der Waals surface area contributed by atoms with Gasteiger partial charge in [-0.15, -0.1) is 0 Å². The molecule has 4 heteroatoms. The molecule has 0 heterocycles. The summed E-state index contributed by atoms with van der Waals surface area (Å²) in [6.45, 7) is 2.38. The first-order valence-electron chi connectivity index (χ1n) is 8.40. The number of aliphatic hydroxyl groups excluding tert-OH is 1. The lowest BCUT2D eigenvalue weighted by atomic mass is 9.80. The monoisotopic (exact) mass is 327 g/mol. The molecule has 0 atom stereocenters. The molecule has 0 radical (unpaired) electrons. The molecule has 0 aliphatic rings. The van der Waals surface area contributed by atoms with E-state index in [-0.39, 0.29) is 6.61 Å².